The summed E-state index contributed by atoms with van der Waals surface area (Å²) in [4.78, 5) is 0. The van der Waals surface area contributed by atoms with Gasteiger partial charge >= 0.3 is 0 Å². The minimum absolute atomic E-state index is 0.184. The fraction of sp³-hybridized carbons (Fsp3) is 0.500. The first-order chi connectivity index (χ1) is 7.69. The van der Waals surface area contributed by atoms with E-state index in [1.165, 1.54) is 12.1 Å². The van der Waals surface area contributed by atoms with Crippen LogP contribution in [0.2, 0.25) is 0 Å². The molecule has 0 aliphatic heterocycles. The molecule has 90 valence electrons. The molecular formula is C12H18FNO2. The van der Waals surface area contributed by atoms with Crippen LogP contribution in [0.1, 0.15) is 26.7 Å². The Hall–Kier alpha value is -1.45. The average molecular weight is 227 g/mol. The summed E-state index contributed by atoms with van der Waals surface area (Å²) in [6, 6.07) is 2.73. The molecule has 0 aliphatic rings. The van der Waals surface area contributed by atoms with Crippen LogP contribution in [0, 0.1) is 5.82 Å². The Bertz CT molecular complexity index is 342. The number of benzene rings is 1. The first-order valence-electron chi connectivity index (χ1n) is 5.53. The second kappa shape index (κ2) is 6.20. The van der Waals surface area contributed by atoms with Crippen LogP contribution in [0.5, 0.6) is 11.5 Å². The van der Waals surface area contributed by atoms with Crippen LogP contribution in [0.4, 0.5) is 10.1 Å². The van der Waals surface area contributed by atoms with Gasteiger partial charge in [-0.15, -0.1) is 0 Å². The molecule has 0 bridgehead atoms. The highest BCUT2D eigenvalue weighted by Gasteiger charge is 2.09. The number of nitrogen functional groups attached to an aromatic ring is 1. The van der Waals surface area contributed by atoms with E-state index in [1.54, 1.807) is 6.92 Å². The molecule has 4 heteroatoms. The van der Waals surface area contributed by atoms with E-state index in [-0.39, 0.29) is 5.75 Å². The number of hydrogen-bond acceptors (Lipinski definition) is 3. The van der Waals surface area contributed by atoms with Gasteiger partial charge in [0.15, 0.2) is 11.6 Å². The molecule has 0 amide bonds. The number of rotatable bonds is 6. The minimum Gasteiger partial charge on any atom is -0.491 e. The largest absolute Gasteiger partial charge is 0.491 e. The van der Waals surface area contributed by atoms with Crippen LogP contribution in [-0.2, 0) is 0 Å². The van der Waals surface area contributed by atoms with E-state index in [1.807, 2.05) is 0 Å². The number of nitrogens with two attached hydrogens (primary N) is 1. The van der Waals surface area contributed by atoms with Crippen molar-refractivity contribution in [3.05, 3.63) is 17.9 Å². The molecule has 1 aromatic rings. The Kier molecular flexibility index (Phi) is 4.89. The zero-order valence-corrected chi connectivity index (χ0v) is 9.75. The van der Waals surface area contributed by atoms with E-state index in [2.05, 4.69) is 6.92 Å². The summed E-state index contributed by atoms with van der Waals surface area (Å²) >= 11 is 0. The van der Waals surface area contributed by atoms with Crippen molar-refractivity contribution in [3.8, 4) is 11.5 Å². The highest BCUT2D eigenvalue weighted by molar-refractivity contribution is 5.56. The van der Waals surface area contributed by atoms with Crippen LogP contribution < -0.4 is 15.2 Å². The fourth-order valence-electron chi connectivity index (χ4n) is 1.27. The molecule has 0 atom stereocenters. The highest BCUT2D eigenvalue weighted by Crippen LogP contribution is 2.30. The zero-order valence-electron chi connectivity index (χ0n) is 9.75. The maximum atomic E-state index is 13.3. The Morgan fingerprint density at radius 1 is 1.19 bits per heavy atom. The van der Waals surface area contributed by atoms with Gasteiger partial charge in [-0.3, -0.25) is 0 Å². The molecule has 0 aromatic heterocycles. The third-order valence-electron chi connectivity index (χ3n) is 2.12. The molecule has 0 saturated heterocycles. The SMILES string of the molecule is CCCCOc1cc(OCC)c(F)cc1N. The van der Waals surface area contributed by atoms with Crippen molar-refractivity contribution in [2.75, 3.05) is 18.9 Å². The van der Waals surface area contributed by atoms with Crippen LogP contribution in [-0.4, -0.2) is 13.2 Å². The summed E-state index contributed by atoms with van der Waals surface area (Å²) in [5, 5.41) is 0. The Labute approximate surface area is 95.4 Å². The molecule has 0 unspecified atom stereocenters. The second-order valence-electron chi connectivity index (χ2n) is 3.46. The Morgan fingerprint density at radius 3 is 2.56 bits per heavy atom. The normalized spacial score (nSPS) is 10.2. The number of unbranched alkanes of at least 4 members (excludes halogenated alkanes) is 1. The van der Waals surface area contributed by atoms with Crippen molar-refractivity contribution in [1.82, 2.24) is 0 Å². The number of hydrogen-bond donors (Lipinski definition) is 1. The number of ether oxygens (including phenoxy) is 2. The average Bonchev–Trinajstić information content (AvgIpc) is 2.25. The van der Waals surface area contributed by atoms with Gasteiger partial charge in [0.2, 0.25) is 0 Å². The minimum atomic E-state index is -0.456. The molecule has 0 aliphatic carbocycles. The maximum Gasteiger partial charge on any atom is 0.167 e. The lowest BCUT2D eigenvalue weighted by molar-refractivity contribution is 0.298. The molecule has 0 spiro atoms. The topological polar surface area (TPSA) is 44.5 Å². The van der Waals surface area contributed by atoms with Gasteiger partial charge in [0.25, 0.3) is 0 Å². The molecule has 0 radical (unpaired) electrons. The third-order valence-corrected chi connectivity index (χ3v) is 2.12. The van der Waals surface area contributed by atoms with E-state index < -0.39 is 5.82 Å². The second-order valence-corrected chi connectivity index (χ2v) is 3.46. The Morgan fingerprint density at radius 2 is 1.94 bits per heavy atom. The van der Waals surface area contributed by atoms with Crippen molar-refractivity contribution in [1.29, 1.82) is 0 Å². The lowest BCUT2D eigenvalue weighted by Crippen LogP contribution is -2.02. The molecule has 0 heterocycles. The summed E-state index contributed by atoms with van der Waals surface area (Å²) in [6.45, 7) is 4.86. The molecule has 0 saturated carbocycles. The van der Waals surface area contributed by atoms with Gasteiger partial charge in [-0.1, -0.05) is 13.3 Å². The smallest absolute Gasteiger partial charge is 0.167 e. The zero-order chi connectivity index (χ0) is 12.0. The third kappa shape index (κ3) is 3.29. The molecular weight excluding hydrogens is 209 g/mol. The lowest BCUT2D eigenvalue weighted by atomic mass is 10.2. The highest BCUT2D eigenvalue weighted by atomic mass is 19.1. The predicted molar refractivity (Wildman–Crippen MR) is 62.4 cm³/mol. The molecule has 0 fully saturated rings. The van der Waals surface area contributed by atoms with Crippen LogP contribution in [0.15, 0.2) is 12.1 Å². The summed E-state index contributed by atoms with van der Waals surface area (Å²) in [6.07, 6.45) is 1.99. The van der Waals surface area contributed by atoms with Crippen molar-refractivity contribution < 1.29 is 13.9 Å². The van der Waals surface area contributed by atoms with E-state index >= 15 is 0 Å². The van der Waals surface area contributed by atoms with Crippen molar-refractivity contribution in [2.45, 2.75) is 26.7 Å². The molecule has 2 N–H and O–H groups in total. The summed E-state index contributed by atoms with van der Waals surface area (Å²) < 4.78 is 23.9. The van der Waals surface area contributed by atoms with Gasteiger partial charge in [0.05, 0.1) is 18.9 Å². The Balaban J connectivity index is 2.78. The van der Waals surface area contributed by atoms with E-state index in [4.69, 9.17) is 15.2 Å². The predicted octanol–water partition coefficient (Wildman–Crippen LogP) is 2.99. The lowest BCUT2D eigenvalue weighted by Gasteiger charge is -2.11. The van der Waals surface area contributed by atoms with Gasteiger partial charge in [0, 0.05) is 12.1 Å². The fourth-order valence-corrected chi connectivity index (χ4v) is 1.27. The standard InChI is InChI=1S/C12H18FNO2/c1-3-5-6-16-12-8-11(15-4-2)9(13)7-10(12)14/h7-8H,3-6,14H2,1-2H3. The van der Waals surface area contributed by atoms with E-state index in [0.717, 1.165) is 12.8 Å². The van der Waals surface area contributed by atoms with Crippen LogP contribution >= 0.6 is 0 Å². The molecule has 3 nitrogen and oxygen atoms in total. The first-order valence-corrected chi connectivity index (χ1v) is 5.53. The maximum absolute atomic E-state index is 13.3. The monoisotopic (exact) mass is 227 g/mol. The van der Waals surface area contributed by atoms with Crippen LogP contribution in [0.3, 0.4) is 0 Å². The van der Waals surface area contributed by atoms with Crippen LogP contribution in [0.25, 0.3) is 0 Å². The number of anilines is 1. The molecule has 1 aromatic carbocycles. The summed E-state index contributed by atoms with van der Waals surface area (Å²) in [5.74, 6) is 0.212. The van der Waals surface area contributed by atoms with Gasteiger partial charge < -0.3 is 15.2 Å². The van der Waals surface area contributed by atoms with Gasteiger partial charge in [-0.2, -0.15) is 0 Å². The van der Waals surface area contributed by atoms with Crippen molar-refractivity contribution in [3.63, 3.8) is 0 Å². The first kappa shape index (κ1) is 12.6. The van der Waals surface area contributed by atoms with E-state index in [0.29, 0.717) is 24.7 Å². The van der Waals surface area contributed by atoms with Gasteiger partial charge in [-0.05, 0) is 13.3 Å². The quantitative estimate of drug-likeness (QED) is 0.600. The number of halogens is 1. The summed E-state index contributed by atoms with van der Waals surface area (Å²) in [7, 11) is 0. The van der Waals surface area contributed by atoms with Gasteiger partial charge in [-0.25, -0.2) is 4.39 Å². The summed E-state index contributed by atoms with van der Waals surface area (Å²) in [5.41, 5.74) is 5.95. The van der Waals surface area contributed by atoms with E-state index in [9.17, 15) is 4.39 Å². The van der Waals surface area contributed by atoms with Gasteiger partial charge in [0.1, 0.15) is 5.75 Å². The molecule has 1 rings (SSSR count). The van der Waals surface area contributed by atoms with Crippen molar-refractivity contribution in [2.24, 2.45) is 0 Å². The molecule has 16 heavy (non-hydrogen) atoms. The van der Waals surface area contributed by atoms with Crippen molar-refractivity contribution >= 4 is 5.69 Å².